The van der Waals surface area contributed by atoms with Crippen LogP contribution in [0.3, 0.4) is 0 Å². The lowest BCUT2D eigenvalue weighted by molar-refractivity contribution is -0.148. The summed E-state index contributed by atoms with van der Waals surface area (Å²) in [6, 6.07) is 3.64. The maximum Gasteiger partial charge on any atom is 0.306 e. The molecule has 2 fully saturated rings. The number of amides is 1. The Hall–Kier alpha value is -1.87. The van der Waals surface area contributed by atoms with Gasteiger partial charge in [-0.2, -0.15) is 5.26 Å². The van der Waals surface area contributed by atoms with Gasteiger partial charge in [-0.05, 0) is 48.5 Å². The van der Waals surface area contributed by atoms with Gasteiger partial charge in [0, 0.05) is 6.42 Å². The van der Waals surface area contributed by atoms with Crippen LogP contribution in [0.25, 0.3) is 0 Å². The Labute approximate surface area is 133 Å². The average molecular weight is 318 g/mol. The minimum atomic E-state index is -0.403. The number of carbonyl (C=O) groups excluding carboxylic acids is 2. The molecule has 0 spiro atoms. The predicted molar refractivity (Wildman–Crippen MR) is 82.2 cm³/mol. The van der Waals surface area contributed by atoms with Gasteiger partial charge in [0.05, 0.1) is 5.56 Å². The van der Waals surface area contributed by atoms with Crippen molar-refractivity contribution >= 4 is 28.2 Å². The normalized spacial score (nSPS) is 25.7. The Bertz CT molecular complexity index is 619. The summed E-state index contributed by atoms with van der Waals surface area (Å²) in [6.07, 6.45) is 5.36. The number of thiophene rings is 1. The van der Waals surface area contributed by atoms with Gasteiger partial charge < -0.3 is 10.1 Å². The lowest BCUT2D eigenvalue weighted by Crippen LogP contribution is -2.23. The van der Waals surface area contributed by atoms with Gasteiger partial charge in [-0.25, -0.2) is 0 Å². The van der Waals surface area contributed by atoms with Gasteiger partial charge in [-0.1, -0.05) is 6.42 Å². The van der Waals surface area contributed by atoms with Crippen molar-refractivity contribution in [2.24, 2.45) is 17.8 Å². The maximum atomic E-state index is 11.9. The highest BCUT2D eigenvalue weighted by Gasteiger charge is 2.40. The lowest BCUT2D eigenvalue weighted by Gasteiger charge is -2.20. The van der Waals surface area contributed by atoms with Crippen LogP contribution in [-0.4, -0.2) is 18.5 Å². The molecule has 0 aliphatic heterocycles. The predicted octanol–water partition coefficient (Wildman–Crippen LogP) is 2.93. The molecule has 1 N–H and O–H groups in total. The van der Waals surface area contributed by atoms with Crippen LogP contribution in [-0.2, 0) is 14.3 Å². The van der Waals surface area contributed by atoms with Crippen LogP contribution >= 0.6 is 11.3 Å². The van der Waals surface area contributed by atoms with E-state index in [0.717, 1.165) is 12.3 Å². The number of hydrogen-bond acceptors (Lipinski definition) is 5. The van der Waals surface area contributed by atoms with E-state index in [9.17, 15) is 9.59 Å². The first-order valence-electron chi connectivity index (χ1n) is 7.58. The topological polar surface area (TPSA) is 79.2 Å². The van der Waals surface area contributed by atoms with Crippen LogP contribution in [0.15, 0.2) is 11.4 Å². The highest BCUT2D eigenvalue weighted by Crippen LogP contribution is 2.49. The lowest BCUT2D eigenvalue weighted by atomic mass is 9.86. The van der Waals surface area contributed by atoms with E-state index >= 15 is 0 Å². The Balaban J connectivity index is 1.41. The van der Waals surface area contributed by atoms with Crippen LogP contribution < -0.4 is 5.32 Å². The summed E-state index contributed by atoms with van der Waals surface area (Å²) in [5.41, 5.74) is 0.423. The molecule has 22 heavy (non-hydrogen) atoms. The largest absolute Gasteiger partial charge is 0.456 e. The summed E-state index contributed by atoms with van der Waals surface area (Å²) < 4.78 is 5.07. The van der Waals surface area contributed by atoms with Crippen molar-refractivity contribution in [2.75, 3.05) is 11.9 Å². The van der Waals surface area contributed by atoms with E-state index in [-0.39, 0.29) is 12.6 Å². The second-order valence-electron chi connectivity index (χ2n) is 6.12. The zero-order valence-electron chi connectivity index (χ0n) is 12.2. The molecule has 5 nitrogen and oxygen atoms in total. The molecular weight excluding hydrogens is 300 g/mol. The van der Waals surface area contributed by atoms with E-state index in [2.05, 4.69) is 5.32 Å². The zero-order valence-corrected chi connectivity index (χ0v) is 13.0. The second-order valence-corrected chi connectivity index (χ2v) is 7.04. The number of ether oxygens (including phenoxy) is 1. The first kappa shape index (κ1) is 15.0. The van der Waals surface area contributed by atoms with Gasteiger partial charge in [-0.3, -0.25) is 9.59 Å². The molecule has 3 rings (SSSR count). The van der Waals surface area contributed by atoms with E-state index < -0.39 is 5.91 Å². The van der Waals surface area contributed by atoms with Gasteiger partial charge in [-0.15, -0.1) is 11.3 Å². The molecular formula is C16H18N2O3S. The summed E-state index contributed by atoms with van der Waals surface area (Å²) in [7, 11) is 0. The van der Waals surface area contributed by atoms with Crippen LogP contribution in [0.2, 0.25) is 0 Å². The van der Waals surface area contributed by atoms with Gasteiger partial charge >= 0.3 is 5.97 Å². The first-order chi connectivity index (χ1) is 10.7. The van der Waals surface area contributed by atoms with Crippen LogP contribution in [0.5, 0.6) is 0 Å². The third kappa shape index (κ3) is 3.30. The van der Waals surface area contributed by atoms with Crippen LogP contribution in [0.4, 0.5) is 5.00 Å². The maximum absolute atomic E-state index is 11.9. The molecule has 3 atom stereocenters. The minimum Gasteiger partial charge on any atom is -0.456 e. The third-order valence-corrected chi connectivity index (χ3v) is 5.55. The Morgan fingerprint density at radius 3 is 2.95 bits per heavy atom. The summed E-state index contributed by atoms with van der Waals surface area (Å²) in [4.78, 5) is 23.6. The number of nitriles is 1. The van der Waals surface area contributed by atoms with Crippen molar-refractivity contribution in [2.45, 2.75) is 32.1 Å². The monoisotopic (exact) mass is 318 g/mol. The van der Waals surface area contributed by atoms with Gasteiger partial charge in [0.15, 0.2) is 6.61 Å². The molecule has 1 aromatic rings. The summed E-state index contributed by atoms with van der Waals surface area (Å²) in [5, 5.41) is 13.7. The molecule has 0 radical (unpaired) electrons. The Morgan fingerprint density at radius 2 is 2.27 bits per heavy atom. The third-order valence-electron chi connectivity index (χ3n) is 4.72. The molecule has 0 saturated heterocycles. The van der Waals surface area contributed by atoms with Crippen molar-refractivity contribution in [3.05, 3.63) is 17.0 Å². The van der Waals surface area contributed by atoms with Crippen LogP contribution in [0.1, 0.15) is 37.7 Å². The SMILES string of the molecule is N#Cc1ccsc1NC(=O)COC(=O)C[C@@H]1C[C@H]2CC[C@@H]1C2. The number of anilines is 1. The average Bonchev–Trinajstić information content (AvgIpc) is 3.21. The van der Waals surface area contributed by atoms with Gasteiger partial charge in [0.1, 0.15) is 11.1 Å². The molecule has 116 valence electrons. The fourth-order valence-corrected chi connectivity index (χ4v) is 4.46. The molecule has 1 heterocycles. The molecule has 6 heteroatoms. The first-order valence-corrected chi connectivity index (χ1v) is 8.46. The number of esters is 1. The fraction of sp³-hybridized carbons (Fsp3) is 0.562. The zero-order chi connectivity index (χ0) is 15.5. The molecule has 2 aliphatic rings. The smallest absolute Gasteiger partial charge is 0.306 e. The molecule has 0 unspecified atom stereocenters. The van der Waals surface area contributed by atoms with E-state index in [1.807, 2.05) is 6.07 Å². The number of rotatable bonds is 5. The second kappa shape index (κ2) is 6.49. The van der Waals surface area contributed by atoms with Crippen molar-refractivity contribution in [1.29, 1.82) is 5.26 Å². The van der Waals surface area contributed by atoms with Crippen molar-refractivity contribution in [1.82, 2.24) is 0 Å². The minimum absolute atomic E-state index is 0.289. The van der Waals surface area contributed by atoms with Crippen molar-refractivity contribution in [3.63, 3.8) is 0 Å². The van der Waals surface area contributed by atoms with Crippen molar-refractivity contribution in [3.8, 4) is 6.07 Å². The molecule has 2 saturated carbocycles. The Morgan fingerprint density at radius 1 is 1.41 bits per heavy atom. The van der Waals surface area contributed by atoms with Gasteiger partial charge in [0.2, 0.25) is 0 Å². The summed E-state index contributed by atoms with van der Waals surface area (Å²) >= 11 is 1.28. The molecule has 2 aliphatic carbocycles. The number of carbonyl (C=O) groups is 2. The number of nitrogens with zero attached hydrogens (tertiary/aromatic N) is 1. The number of fused-ring (bicyclic) bond motifs is 2. The Kier molecular flexibility index (Phi) is 4.44. The number of nitrogens with one attached hydrogen (secondary N) is 1. The van der Waals surface area contributed by atoms with E-state index in [1.54, 1.807) is 11.4 Å². The van der Waals surface area contributed by atoms with E-state index in [1.165, 1.54) is 30.6 Å². The molecule has 2 bridgehead atoms. The van der Waals surface area contributed by atoms with Crippen molar-refractivity contribution < 1.29 is 14.3 Å². The summed E-state index contributed by atoms with van der Waals surface area (Å²) in [6.45, 7) is -0.289. The van der Waals surface area contributed by atoms with E-state index in [4.69, 9.17) is 10.00 Å². The standard InChI is InChI=1S/C16H18N2O3S/c17-8-12-3-4-22-16(12)18-14(19)9-21-15(20)7-13-6-10-1-2-11(13)5-10/h3-4,10-11,13H,1-2,5-7,9H2,(H,18,19)/t10-,11+,13-/m0/s1. The highest BCUT2D eigenvalue weighted by molar-refractivity contribution is 7.14. The molecule has 1 amide bonds. The molecule has 1 aromatic heterocycles. The summed E-state index contributed by atoms with van der Waals surface area (Å²) in [5.74, 6) is 1.22. The fourth-order valence-electron chi connectivity index (χ4n) is 3.70. The quantitative estimate of drug-likeness (QED) is 0.847. The molecule has 0 aromatic carbocycles. The van der Waals surface area contributed by atoms with Crippen LogP contribution in [0, 0.1) is 29.1 Å². The van der Waals surface area contributed by atoms with Gasteiger partial charge in [0.25, 0.3) is 5.91 Å². The number of hydrogen-bond donors (Lipinski definition) is 1. The van der Waals surface area contributed by atoms with E-state index in [0.29, 0.717) is 28.8 Å². The highest BCUT2D eigenvalue weighted by atomic mass is 32.1.